The Bertz CT molecular complexity index is 839. The van der Waals surface area contributed by atoms with Gasteiger partial charge >= 0.3 is 5.69 Å². The largest absolute Gasteiger partial charge is 0.329 e. The third-order valence-corrected chi connectivity index (χ3v) is 4.22. The Labute approximate surface area is 126 Å². The number of piperidine rings is 1. The fourth-order valence-electron chi connectivity index (χ4n) is 2.66. The summed E-state index contributed by atoms with van der Waals surface area (Å²) in [6.07, 6.45) is 0.369. The Morgan fingerprint density at radius 1 is 1.33 bits per heavy atom. The number of hydrogen-bond acceptors (Lipinski definition) is 3. The Balaban J connectivity index is 2.28. The lowest BCUT2D eigenvalue weighted by molar-refractivity contribution is -0.135. The number of benzene rings is 1. The van der Waals surface area contributed by atoms with Crippen LogP contribution in [-0.4, -0.2) is 20.9 Å². The molecular weight excluding hydrogens is 345 g/mol. The summed E-state index contributed by atoms with van der Waals surface area (Å²) in [5, 5.41) is 2.21. The number of amides is 2. The van der Waals surface area contributed by atoms with Crippen molar-refractivity contribution in [2.24, 2.45) is 7.05 Å². The number of carbonyl (C=O) groups is 2. The zero-order valence-corrected chi connectivity index (χ0v) is 12.6. The van der Waals surface area contributed by atoms with E-state index in [2.05, 4.69) is 21.2 Å². The van der Waals surface area contributed by atoms with Crippen molar-refractivity contribution in [3.63, 3.8) is 0 Å². The van der Waals surface area contributed by atoms with Crippen LogP contribution in [0.2, 0.25) is 0 Å². The number of nitrogens with one attached hydrogen (secondary N) is 1. The Kier molecular flexibility index (Phi) is 3.20. The second kappa shape index (κ2) is 4.80. The Morgan fingerprint density at radius 3 is 2.71 bits per heavy atom. The van der Waals surface area contributed by atoms with E-state index in [1.165, 1.54) is 21.3 Å². The summed E-state index contributed by atoms with van der Waals surface area (Å²) in [5.74, 6) is -1.42. The molecule has 8 heteroatoms. The molecular formula is C13H11BrFN3O3. The minimum atomic E-state index is -0.812. The van der Waals surface area contributed by atoms with E-state index in [0.717, 1.165) is 0 Å². The lowest BCUT2D eigenvalue weighted by atomic mass is 10.1. The van der Waals surface area contributed by atoms with Gasteiger partial charge in [-0.2, -0.15) is 0 Å². The molecule has 110 valence electrons. The molecule has 6 nitrogen and oxygen atoms in total. The van der Waals surface area contributed by atoms with Crippen molar-refractivity contribution < 1.29 is 14.0 Å². The molecule has 1 atom stereocenters. The van der Waals surface area contributed by atoms with Crippen LogP contribution < -0.4 is 11.0 Å². The number of nitrogens with zero attached hydrogens (tertiary/aromatic N) is 2. The third-order valence-electron chi connectivity index (χ3n) is 3.62. The van der Waals surface area contributed by atoms with Gasteiger partial charge in [0.25, 0.3) is 0 Å². The number of fused-ring (bicyclic) bond motifs is 1. The molecule has 2 aromatic rings. The molecule has 2 heterocycles. The van der Waals surface area contributed by atoms with E-state index in [0.29, 0.717) is 15.5 Å². The van der Waals surface area contributed by atoms with Crippen LogP contribution in [0.5, 0.6) is 0 Å². The number of aryl methyl sites for hydroxylation is 1. The molecule has 0 aliphatic carbocycles. The molecule has 1 saturated heterocycles. The predicted molar refractivity (Wildman–Crippen MR) is 76.3 cm³/mol. The normalized spacial score (nSPS) is 19.1. The Hall–Kier alpha value is -1.96. The smallest absolute Gasteiger partial charge is 0.295 e. The zero-order valence-electron chi connectivity index (χ0n) is 11.0. The lowest BCUT2D eigenvalue weighted by Crippen LogP contribution is -2.44. The second-order valence-corrected chi connectivity index (χ2v) is 5.79. The van der Waals surface area contributed by atoms with E-state index >= 15 is 0 Å². The summed E-state index contributed by atoms with van der Waals surface area (Å²) in [4.78, 5) is 35.6. The molecule has 0 bridgehead atoms. The van der Waals surface area contributed by atoms with E-state index in [1.54, 1.807) is 7.05 Å². The molecule has 0 saturated carbocycles. The van der Waals surface area contributed by atoms with Gasteiger partial charge in [0.15, 0.2) is 0 Å². The Morgan fingerprint density at radius 2 is 2.05 bits per heavy atom. The molecule has 21 heavy (non-hydrogen) atoms. The average molecular weight is 356 g/mol. The first-order valence-corrected chi connectivity index (χ1v) is 7.09. The first kappa shape index (κ1) is 14.0. The number of imidazole rings is 1. The van der Waals surface area contributed by atoms with Gasteiger partial charge < -0.3 is 0 Å². The number of imide groups is 1. The minimum absolute atomic E-state index is 0.149. The lowest BCUT2D eigenvalue weighted by Gasteiger charge is -2.21. The van der Waals surface area contributed by atoms with Gasteiger partial charge in [0.1, 0.15) is 11.9 Å². The maximum absolute atomic E-state index is 13.6. The summed E-state index contributed by atoms with van der Waals surface area (Å²) < 4.78 is 16.7. The van der Waals surface area contributed by atoms with E-state index in [9.17, 15) is 18.8 Å². The van der Waals surface area contributed by atoms with Crippen LogP contribution in [0.3, 0.4) is 0 Å². The maximum atomic E-state index is 13.6. The molecule has 1 aliphatic heterocycles. The highest BCUT2D eigenvalue weighted by molar-refractivity contribution is 9.10. The highest BCUT2D eigenvalue weighted by Gasteiger charge is 2.31. The van der Waals surface area contributed by atoms with Gasteiger partial charge in [-0.3, -0.25) is 24.0 Å². The van der Waals surface area contributed by atoms with Crippen molar-refractivity contribution >= 4 is 38.8 Å². The molecule has 0 radical (unpaired) electrons. The highest BCUT2D eigenvalue weighted by Crippen LogP contribution is 2.28. The molecule has 1 unspecified atom stereocenters. The SMILES string of the molecule is Cn1c(=O)n(C2CCC(=O)NC2=O)c2cc(F)cc(Br)c21. The summed E-state index contributed by atoms with van der Waals surface area (Å²) in [7, 11) is 1.55. The number of carbonyl (C=O) groups excluding carboxylic acids is 2. The monoisotopic (exact) mass is 355 g/mol. The van der Waals surface area contributed by atoms with Gasteiger partial charge in [-0.25, -0.2) is 9.18 Å². The van der Waals surface area contributed by atoms with Gasteiger partial charge in [-0.05, 0) is 34.5 Å². The highest BCUT2D eigenvalue weighted by atomic mass is 79.9. The molecule has 0 spiro atoms. The second-order valence-electron chi connectivity index (χ2n) is 4.93. The van der Waals surface area contributed by atoms with Crippen molar-refractivity contribution in [2.45, 2.75) is 18.9 Å². The van der Waals surface area contributed by atoms with Crippen LogP contribution >= 0.6 is 15.9 Å². The van der Waals surface area contributed by atoms with Crippen LogP contribution in [-0.2, 0) is 16.6 Å². The number of hydrogen-bond donors (Lipinski definition) is 1. The molecule has 1 N–H and O–H groups in total. The van der Waals surface area contributed by atoms with E-state index in [4.69, 9.17) is 0 Å². The van der Waals surface area contributed by atoms with Gasteiger partial charge in [-0.15, -0.1) is 0 Å². The van der Waals surface area contributed by atoms with E-state index in [1.807, 2.05) is 0 Å². The van der Waals surface area contributed by atoms with Crippen LogP contribution in [0.25, 0.3) is 11.0 Å². The van der Waals surface area contributed by atoms with Crippen molar-refractivity contribution in [1.82, 2.24) is 14.5 Å². The van der Waals surface area contributed by atoms with Crippen molar-refractivity contribution in [1.29, 1.82) is 0 Å². The summed E-state index contributed by atoms with van der Waals surface area (Å²) >= 11 is 3.23. The van der Waals surface area contributed by atoms with Gasteiger partial charge in [0.2, 0.25) is 11.8 Å². The quantitative estimate of drug-likeness (QED) is 0.781. The van der Waals surface area contributed by atoms with Gasteiger partial charge in [0.05, 0.1) is 11.0 Å². The zero-order chi connectivity index (χ0) is 15.3. The first-order valence-electron chi connectivity index (χ1n) is 6.30. The molecule has 2 amide bonds. The van der Waals surface area contributed by atoms with Crippen LogP contribution in [0.15, 0.2) is 21.4 Å². The molecule has 1 aliphatic rings. The molecule has 1 fully saturated rings. The first-order chi connectivity index (χ1) is 9.90. The summed E-state index contributed by atoms with van der Waals surface area (Å²) in [5.41, 5.74) is 0.403. The van der Waals surface area contributed by atoms with Crippen LogP contribution in [0.1, 0.15) is 18.9 Å². The van der Waals surface area contributed by atoms with Crippen LogP contribution in [0.4, 0.5) is 4.39 Å². The third kappa shape index (κ3) is 2.10. The summed E-state index contributed by atoms with van der Waals surface area (Å²) in [6.45, 7) is 0. The number of rotatable bonds is 1. The summed E-state index contributed by atoms with van der Waals surface area (Å²) in [6, 6.07) is 1.66. The topological polar surface area (TPSA) is 73.1 Å². The molecule has 3 rings (SSSR count). The molecule has 1 aromatic carbocycles. The fourth-order valence-corrected chi connectivity index (χ4v) is 3.35. The molecule has 1 aromatic heterocycles. The van der Waals surface area contributed by atoms with Gasteiger partial charge in [-0.1, -0.05) is 0 Å². The average Bonchev–Trinajstić information content (AvgIpc) is 2.63. The number of halogens is 2. The predicted octanol–water partition coefficient (Wildman–Crippen LogP) is 1.22. The number of aromatic nitrogens is 2. The fraction of sp³-hybridized carbons (Fsp3) is 0.308. The maximum Gasteiger partial charge on any atom is 0.329 e. The van der Waals surface area contributed by atoms with Crippen molar-refractivity contribution in [3.8, 4) is 0 Å². The van der Waals surface area contributed by atoms with Gasteiger partial charge in [0, 0.05) is 17.9 Å². The van der Waals surface area contributed by atoms with E-state index < -0.39 is 23.5 Å². The van der Waals surface area contributed by atoms with Crippen LogP contribution in [0, 0.1) is 5.82 Å². The van der Waals surface area contributed by atoms with E-state index in [-0.39, 0.29) is 18.7 Å². The van der Waals surface area contributed by atoms with Crippen molar-refractivity contribution in [3.05, 3.63) is 32.9 Å². The van der Waals surface area contributed by atoms with Crippen molar-refractivity contribution in [2.75, 3.05) is 0 Å². The minimum Gasteiger partial charge on any atom is -0.295 e. The standard InChI is InChI=1S/C13H11BrFN3O3/c1-17-11-7(14)4-6(15)5-9(11)18(13(17)21)8-2-3-10(19)16-12(8)20/h4-5,8H,2-3H2,1H3,(H,16,19,20).